The molecule has 1 aromatic carbocycles. The largest absolute Gasteiger partial charge is 0.385 e. The standard InChI is InChI=1S/C20H28N4/c1-8-9-16(20(5,6)7)22-18-12-17(21)23-24(18)19-14(3)10-13(2)11-15(19)4/h1,10-11,16H,9,12H2,2-7H3,(H2,21,23). The fraction of sp³-hybridized carbons (Fsp3) is 0.500. The van der Waals surface area contributed by atoms with Crippen LogP contribution in [0.15, 0.2) is 22.2 Å². The minimum absolute atomic E-state index is 0.0141. The molecule has 1 aliphatic heterocycles. The summed E-state index contributed by atoms with van der Waals surface area (Å²) in [6.07, 6.45) is 6.72. The Morgan fingerprint density at radius 2 is 1.88 bits per heavy atom. The molecule has 0 saturated carbocycles. The zero-order valence-electron chi connectivity index (χ0n) is 15.6. The molecule has 4 nitrogen and oxygen atoms in total. The molecule has 1 heterocycles. The van der Waals surface area contributed by atoms with Crippen LogP contribution < -0.4 is 10.7 Å². The highest BCUT2D eigenvalue weighted by molar-refractivity contribution is 6.14. The molecular weight excluding hydrogens is 296 g/mol. The monoisotopic (exact) mass is 324 g/mol. The minimum atomic E-state index is -0.0141. The van der Waals surface area contributed by atoms with E-state index in [1.807, 2.05) is 5.01 Å². The van der Waals surface area contributed by atoms with Gasteiger partial charge in [-0.25, -0.2) is 5.01 Å². The molecule has 0 saturated heterocycles. The van der Waals surface area contributed by atoms with Crippen LogP contribution in [0, 0.1) is 38.5 Å². The zero-order valence-corrected chi connectivity index (χ0v) is 15.6. The fourth-order valence-electron chi connectivity index (χ4n) is 3.08. The van der Waals surface area contributed by atoms with Crippen molar-refractivity contribution in [3.63, 3.8) is 0 Å². The third-order valence-electron chi connectivity index (χ3n) is 4.28. The van der Waals surface area contributed by atoms with Crippen LogP contribution in [0.5, 0.6) is 0 Å². The molecule has 2 N–H and O–H groups in total. The van der Waals surface area contributed by atoms with Gasteiger partial charge in [-0.1, -0.05) is 38.5 Å². The van der Waals surface area contributed by atoms with Crippen LogP contribution in [0.3, 0.4) is 0 Å². The first-order chi connectivity index (χ1) is 11.1. The summed E-state index contributed by atoms with van der Waals surface area (Å²) in [6.45, 7) is 12.8. The molecule has 1 atom stereocenters. The van der Waals surface area contributed by atoms with E-state index in [0.29, 0.717) is 18.7 Å². The molecule has 128 valence electrons. The summed E-state index contributed by atoms with van der Waals surface area (Å²) in [4.78, 5) is 4.95. The molecule has 1 aromatic rings. The van der Waals surface area contributed by atoms with E-state index in [2.05, 4.69) is 64.7 Å². The van der Waals surface area contributed by atoms with Crippen molar-refractivity contribution in [2.75, 3.05) is 5.01 Å². The van der Waals surface area contributed by atoms with Crippen molar-refractivity contribution in [3.8, 4) is 12.3 Å². The van der Waals surface area contributed by atoms with Gasteiger partial charge in [-0.2, -0.15) is 5.10 Å². The lowest BCUT2D eigenvalue weighted by molar-refractivity contribution is 0.326. The molecule has 1 unspecified atom stereocenters. The number of terminal acetylenes is 1. The molecule has 0 aliphatic carbocycles. The Morgan fingerprint density at radius 3 is 2.38 bits per heavy atom. The van der Waals surface area contributed by atoms with E-state index in [4.69, 9.17) is 17.1 Å². The highest BCUT2D eigenvalue weighted by atomic mass is 15.5. The number of hydrazone groups is 1. The lowest BCUT2D eigenvalue weighted by atomic mass is 9.85. The minimum Gasteiger partial charge on any atom is -0.385 e. The Hall–Kier alpha value is -2.28. The fourth-order valence-corrected chi connectivity index (χ4v) is 3.08. The number of nitrogens with zero attached hydrogens (tertiary/aromatic N) is 3. The first kappa shape index (κ1) is 18.1. The van der Waals surface area contributed by atoms with E-state index in [-0.39, 0.29) is 11.5 Å². The topological polar surface area (TPSA) is 54.0 Å². The van der Waals surface area contributed by atoms with E-state index in [0.717, 1.165) is 11.5 Å². The third-order valence-corrected chi connectivity index (χ3v) is 4.28. The molecule has 0 bridgehead atoms. The SMILES string of the molecule is C#CCC(N=C1CC(N)=NN1c1c(C)cc(C)cc1C)C(C)(C)C. The van der Waals surface area contributed by atoms with E-state index < -0.39 is 0 Å². The average Bonchev–Trinajstić information content (AvgIpc) is 2.77. The third kappa shape index (κ3) is 3.79. The summed E-state index contributed by atoms with van der Waals surface area (Å²) in [6, 6.07) is 4.35. The first-order valence-corrected chi connectivity index (χ1v) is 8.34. The predicted molar refractivity (Wildman–Crippen MR) is 103 cm³/mol. The Morgan fingerprint density at radius 1 is 1.29 bits per heavy atom. The van der Waals surface area contributed by atoms with Crippen LogP contribution >= 0.6 is 0 Å². The van der Waals surface area contributed by atoms with Crippen LogP contribution in [0.4, 0.5) is 5.69 Å². The smallest absolute Gasteiger partial charge is 0.133 e. The summed E-state index contributed by atoms with van der Waals surface area (Å²) in [7, 11) is 0. The summed E-state index contributed by atoms with van der Waals surface area (Å²) in [5, 5.41) is 6.43. The average molecular weight is 324 g/mol. The Labute approximate surface area is 145 Å². The highest BCUT2D eigenvalue weighted by Gasteiger charge is 2.29. The van der Waals surface area contributed by atoms with Gasteiger partial charge in [0.25, 0.3) is 0 Å². The quantitative estimate of drug-likeness (QED) is 0.857. The van der Waals surface area contributed by atoms with Gasteiger partial charge in [-0.3, -0.25) is 4.99 Å². The maximum Gasteiger partial charge on any atom is 0.133 e. The Bertz CT molecular complexity index is 706. The van der Waals surface area contributed by atoms with Gasteiger partial charge in [0, 0.05) is 6.42 Å². The molecule has 24 heavy (non-hydrogen) atoms. The van der Waals surface area contributed by atoms with Gasteiger partial charge >= 0.3 is 0 Å². The number of hydrogen-bond donors (Lipinski definition) is 1. The summed E-state index contributed by atoms with van der Waals surface area (Å²) < 4.78 is 0. The van der Waals surface area contributed by atoms with Crippen molar-refractivity contribution in [3.05, 3.63) is 28.8 Å². The number of rotatable bonds is 3. The number of nitrogens with two attached hydrogens (primary N) is 1. The highest BCUT2D eigenvalue weighted by Crippen LogP contribution is 2.31. The Kier molecular flexibility index (Phi) is 5.03. The van der Waals surface area contributed by atoms with Crippen molar-refractivity contribution >= 4 is 17.4 Å². The van der Waals surface area contributed by atoms with Crippen LogP contribution in [-0.2, 0) is 0 Å². The molecule has 0 fully saturated rings. The molecule has 1 aliphatic rings. The van der Waals surface area contributed by atoms with Gasteiger partial charge in [-0.15, -0.1) is 12.3 Å². The molecule has 4 heteroatoms. The molecule has 0 radical (unpaired) electrons. The lowest BCUT2D eigenvalue weighted by Gasteiger charge is -2.28. The number of hydrogen-bond acceptors (Lipinski definition) is 3. The predicted octanol–water partition coefficient (Wildman–Crippen LogP) is 3.93. The summed E-state index contributed by atoms with van der Waals surface area (Å²) >= 11 is 0. The second-order valence-corrected chi connectivity index (χ2v) is 7.66. The lowest BCUT2D eigenvalue weighted by Crippen LogP contribution is -2.30. The van der Waals surface area contributed by atoms with Crippen molar-refractivity contribution in [1.82, 2.24) is 0 Å². The van der Waals surface area contributed by atoms with E-state index >= 15 is 0 Å². The van der Waals surface area contributed by atoms with Crippen LogP contribution in [0.25, 0.3) is 0 Å². The van der Waals surface area contributed by atoms with Gasteiger partial charge in [0.05, 0.1) is 18.2 Å². The maximum atomic E-state index is 6.03. The van der Waals surface area contributed by atoms with Crippen LogP contribution in [-0.4, -0.2) is 17.7 Å². The zero-order chi connectivity index (χ0) is 18.1. The normalized spacial score (nSPS) is 17.8. The van der Waals surface area contributed by atoms with Crippen LogP contribution in [0.1, 0.15) is 50.3 Å². The van der Waals surface area contributed by atoms with Gasteiger partial charge in [0.15, 0.2) is 0 Å². The molecule has 0 amide bonds. The number of anilines is 1. The van der Waals surface area contributed by atoms with Gasteiger partial charge in [-0.05, 0) is 37.3 Å². The number of aryl methyl sites for hydroxylation is 3. The second-order valence-electron chi connectivity index (χ2n) is 7.66. The summed E-state index contributed by atoms with van der Waals surface area (Å²) in [5.41, 5.74) is 10.7. The second kappa shape index (κ2) is 6.68. The van der Waals surface area contributed by atoms with Crippen molar-refractivity contribution in [2.45, 2.75) is 60.4 Å². The molecule has 0 aromatic heterocycles. The van der Waals surface area contributed by atoms with E-state index in [1.54, 1.807) is 0 Å². The van der Waals surface area contributed by atoms with Crippen molar-refractivity contribution in [1.29, 1.82) is 0 Å². The maximum absolute atomic E-state index is 6.03. The van der Waals surface area contributed by atoms with Gasteiger partial charge in [0.1, 0.15) is 11.7 Å². The summed E-state index contributed by atoms with van der Waals surface area (Å²) in [5.74, 6) is 4.21. The molecule has 2 rings (SSSR count). The Balaban J connectivity index is 2.49. The van der Waals surface area contributed by atoms with Crippen molar-refractivity contribution in [2.24, 2.45) is 21.2 Å². The van der Waals surface area contributed by atoms with Gasteiger partial charge in [0.2, 0.25) is 0 Å². The van der Waals surface area contributed by atoms with Gasteiger partial charge < -0.3 is 5.73 Å². The molecule has 0 spiro atoms. The van der Waals surface area contributed by atoms with Crippen molar-refractivity contribution < 1.29 is 0 Å². The van der Waals surface area contributed by atoms with E-state index in [9.17, 15) is 0 Å². The van der Waals surface area contributed by atoms with E-state index in [1.165, 1.54) is 16.7 Å². The number of aliphatic imine (C=N–C) groups is 1. The molecular formula is C20H28N4. The first-order valence-electron chi connectivity index (χ1n) is 8.34. The van der Waals surface area contributed by atoms with Crippen LogP contribution in [0.2, 0.25) is 0 Å². The number of amidine groups is 2. The number of benzene rings is 1.